The van der Waals surface area contributed by atoms with Crippen LogP contribution in [0, 0.1) is 25.2 Å². The van der Waals surface area contributed by atoms with Gasteiger partial charge in [0.15, 0.2) is 0 Å². The molecule has 0 spiro atoms. The molecule has 2 aliphatic carbocycles. The Morgan fingerprint density at radius 1 is 1.16 bits per heavy atom. The number of amides is 1. The lowest BCUT2D eigenvalue weighted by molar-refractivity contribution is -0.117. The molecular weight excluding hydrogens is 310 g/mol. The van der Waals surface area contributed by atoms with Crippen LogP contribution in [-0.2, 0) is 4.79 Å². The fourth-order valence-electron chi connectivity index (χ4n) is 4.49. The number of hydrogen-bond acceptors (Lipinski definition) is 2. The molecule has 1 aromatic heterocycles. The van der Waals surface area contributed by atoms with Crippen molar-refractivity contribution in [3.05, 3.63) is 28.6 Å². The van der Waals surface area contributed by atoms with Crippen molar-refractivity contribution in [2.75, 3.05) is 0 Å². The standard InChI is InChI=1S/C21H29N3O/c1-15-12-17(16(2)24(15)20-10-6-7-11-20)13-18(14-22)21(25)23-19-8-4-3-5-9-19/h12-13,19-20H,3-11H2,1-2H3,(H,23,25)/b18-13+. The van der Waals surface area contributed by atoms with Gasteiger partial charge in [-0.3, -0.25) is 4.79 Å². The number of nitrogens with zero attached hydrogens (tertiary/aromatic N) is 2. The molecule has 0 radical (unpaired) electrons. The zero-order valence-corrected chi connectivity index (χ0v) is 15.5. The van der Waals surface area contributed by atoms with Crippen LogP contribution in [-0.4, -0.2) is 16.5 Å². The van der Waals surface area contributed by atoms with Gasteiger partial charge in [-0.2, -0.15) is 5.26 Å². The molecular formula is C21H29N3O. The molecule has 2 aliphatic rings. The van der Waals surface area contributed by atoms with Gasteiger partial charge in [0, 0.05) is 23.5 Å². The number of nitriles is 1. The van der Waals surface area contributed by atoms with E-state index in [1.165, 1.54) is 56.3 Å². The molecule has 134 valence electrons. The van der Waals surface area contributed by atoms with Gasteiger partial charge < -0.3 is 9.88 Å². The third kappa shape index (κ3) is 3.98. The number of carbonyl (C=O) groups is 1. The smallest absolute Gasteiger partial charge is 0.262 e. The van der Waals surface area contributed by atoms with E-state index in [4.69, 9.17) is 0 Å². The first-order chi connectivity index (χ1) is 12.1. The summed E-state index contributed by atoms with van der Waals surface area (Å²) >= 11 is 0. The molecule has 4 heteroatoms. The summed E-state index contributed by atoms with van der Waals surface area (Å²) in [4.78, 5) is 12.5. The molecule has 25 heavy (non-hydrogen) atoms. The molecule has 0 bridgehead atoms. The van der Waals surface area contributed by atoms with Crippen LogP contribution >= 0.6 is 0 Å². The molecule has 1 N–H and O–H groups in total. The van der Waals surface area contributed by atoms with Gasteiger partial charge in [0.1, 0.15) is 11.6 Å². The van der Waals surface area contributed by atoms with Crippen LogP contribution in [0.3, 0.4) is 0 Å². The van der Waals surface area contributed by atoms with Gasteiger partial charge in [-0.1, -0.05) is 32.1 Å². The molecule has 0 unspecified atom stereocenters. The molecule has 1 heterocycles. The van der Waals surface area contributed by atoms with Crippen LogP contribution < -0.4 is 5.32 Å². The Morgan fingerprint density at radius 2 is 1.80 bits per heavy atom. The predicted octanol–water partition coefficient (Wildman–Crippen LogP) is 4.58. The van der Waals surface area contributed by atoms with Gasteiger partial charge in [0.25, 0.3) is 5.91 Å². The van der Waals surface area contributed by atoms with Gasteiger partial charge in [0.05, 0.1) is 0 Å². The first-order valence-corrected chi connectivity index (χ1v) is 9.71. The minimum Gasteiger partial charge on any atom is -0.349 e. The Morgan fingerprint density at radius 3 is 2.44 bits per heavy atom. The summed E-state index contributed by atoms with van der Waals surface area (Å²) < 4.78 is 2.40. The average Bonchev–Trinajstić information content (AvgIpc) is 3.21. The normalized spacial score (nSPS) is 19.8. The lowest BCUT2D eigenvalue weighted by Crippen LogP contribution is -2.36. The summed E-state index contributed by atoms with van der Waals surface area (Å²) in [6.45, 7) is 4.22. The second-order valence-electron chi connectivity index (χ2n) is 7.61. The van der Waals surface area contributed by atoms with Gasteiger partial charge in [-0.15, -0.1) is 0 Å². The highest BCUT2D eigenvalue weighted by atomic mass is 16.1. The molecule has 1 amide bonds. The quantitative estimate of drug-likeness (QED) is 0.645. The average molecular weight is 339 g/mol. The predicted molar refractivity (Wildman–Crippen MR) is 100 cm³/mol. The summed E-state index contributed by atoms with van der Waals surface area (Å²) in [5.74, 6) is -0.222. The van der Waals surface area contributed by atoms with Crippen molar-refractivity contribution in [3.8, 4) is 6.07 Å². The van der Waals surface area contributed by atoms with Crippen LogP contribution in [0.5, 0.6) is 0 Å². The Balaban J connectivity index is 1.78. The topological polar surface area (TPSA) is 57.8 Å². The van der Waals surface area contributed by atoms with E-state index >= 15 is 0 Å². The van der Waals surface area contributed by atoms with Gasteiger partial charge in [-0.25, -0.2) is 0 Å². The van der Waals surface area contributed by atoms with E-state index in [1.807, 2.05) is 0 Å². The minimum atomic E-state index is -0.222. The number of hydrogen-bond donors (Lipinski definition) is 1. The third-order valence-electron chi connectivity index (χ3n) is 5.82. The maximum atomic E-state index is 12.5. The van der Waals surface area contributed by atoms with E-state index in [1.54, 1.807) is 6.08 Å². The van der Waals surface area contributed by atoms with Gasteiger partial charge in [-0.05, 0) is 57.2 Å². The zero-order chi connectivity index (χ0) is 17.8. The van der Waals surface area contributed by atoms with E-state index < -0.39 is 0 Å². The van der Waals surface area contributed by atoms with E-state index in [2.05, 4.69) is 35.9 Å². The first kappa shape index (κ1) is 17.8. The van der Waals surface area contributed by atoms with Crippen molar-refractivity contribution in [1.82, 2.24) is 9.88 Å². The number of aromatic nitrogens is 1. The summed E-state index contributed by atoms with van der Waals surface area (Å²) in [5.41, 5.74) is 3.61. The van der Waals surface area contributed by atoms with Crippen LogP contribution in [0.1, 0.15) is 80.8 Å². The number of aryl methyl sites for hydroxylation is 1. The summed E-state index contributed by atoms with van der Waals surface area (Å²) in [6.07, 6.45) is 12.5. The highest BCUT2D eigenvalue weighted by molar-refractivity contribution is 6.02. The molecule has 0 aromatic carbocycles. The van der Waals surface area contributed by atoms with Crippen molar-refractivity contribution >= 4 is 12.0 Å². The van der Waals surface area contributed by atoms with Crippen molar-refractivity contribution in [2.45, 2.75) is 83.7 Å². The number of nitrogens with one attached hydrogen (secondary N) is 1. The fourth-order valence-corrected chi connectivity index (χ4v) is 4.49. The molecule has 0 atom stereocenters. The summed E-state index contributed by atoms with van der Waals surface area (Å²) in [5, 5.41) is 12.5. The third-order valence-corrected chi connectivity index (χ3v) is 5.82. The molecule has 0 saturated heterocycles. The van der Waals surface area contributed by atoms with Crippen LogP contribution in [0.2, 0.25) is 0 Å². The fraction of sp³-hybridized carbons (Fsp3) is 0.619. The maximum Gasteiger partial charge on any atom is 0.262 e. The SMILES string of the molecule is Cc1cc(/C=C(\C#N)C(=O)NC2CCCCC2)c(C)n1C1CCCC1. The lowest BCUT2D eigenvalue weighted by atomic mass is 9.95. The molecule has 1 aromatic rings. The Bertz CT molecular complexity index is 695. The second kappa shape index (κ2) is 7.91. The highest BCUT2D eigenvalue weighted by Crippen LogP contribution is 2.33. The van der Waals surface area contributed by atoms with E-state index in [-0.39, 0.29) is 17.5 Å². The largest absolute Gasteiger partial charge is 0.349 e. The van der Waals surface area contributed by atoms with Gasteiger partial charge >= 0.3 is 0 Å². The van der Waals surface area contributed by atoms with Crippen LogP contribution in [0.15, 0.2) is 11.6 Å². The summed E-state index contributed by atoms with van der Waals surface area (Å²) in [6, 6.07) is 5.01. The van der Waals surface area contributed by atoms with E-state index in [0.29, 0.717) is 6.04 Å². The molecule has 2 saturated carbocycles. The maximum absolute atomic E-state index is 12.5. The van der Waals surface area contributed by atoms with E-state index in [9.17, 15) is 10.1 Å². The van der Waals surface area contributed by atoms with Crippen molar-refractivity contribution < 1.29 is 4.79 Å². The Labute approximate surface area is 150 Å². The van der Waals surface area contributed by atoms with Crippen LogP contribution in [0.4, 0.5) is 0 Å². The molecule has 3 rings (SSSR count). The second-order valence-corrected chi connectivity index (χ2v) is 7.61. The Hall–Kier alpha value is -2.02. The molecule has 0 aliphatic heterocycles. The first-order valence-electron chi connectivity index (χ1n) is 9.71. The van der Waals surface area contributed by atoms with Crippen molar-refractivity contribution in [3.63, 3.8) is 0 Å². The van der Waals surface area contributed by atoms with Crippen molar-refractivity contribution in [1.29, 1.82) is 5.26 Å². The molecule has 2 fully saturated rings. The Kier molecular flexibility index (Phi) is 5.63. The van der Waals surface area contributed by atoms with E-state index in [0.717, 1.165) is 18.4 Å². The monoisotopic (exact) mass is 339 g/mol. The van der Waals surface area contributed by atoms with Crippen LogP contribution in [0.25, 0.3) is 6.08 Å². The highest BCUT2D eigenvalue weighted by Gasteiger charge is 2.22. The minimum absolute atomic E-state index is 0.220. The number of rotatable bonds is 4. The molecule has 4 nitrogen and oxygen atoms in total. The lowest BCUT2D eigenvalue weighted by Gasteiger charge is -2.22. The zero-order valence-electron chi connectivity index (χ0n) is 15.5. The summed E-state index contributed by atoms with van der Waals surface area (Å²) in [7, 11) is 0. The van der Waals surface area contributed by atoms with Crippen molar-refractivity contribution in [2.24, 2.45) is 0 Å². The van der Waals surface area contributed by atoms with Gasteiger partial charge in [0.2, 0.25) is 0 Å². The number of carbonyl (C=O) groups excluding carboxylic acids is 1.